The second kappa shape index (κ2) is 2.88. The molecule has 1 aromatic carbocycles. The molecule has 0 amide bonds. The quantitative estimate of drug-likeness (QED) is 0.599. The number of hydrogen-bond donors (Lipinski definition) is 2. The van der Waals surface area contributed by atoms with Crippen molar-refractivity contribution in [1.82, 2.24) is 0 Å². The van der Waals surface area contributed by atoms with Crippen LogP contribution >= 0.6 is 0 Å². The number of rotatable bonds is 1. The smallest absolute Gasteiger partial charge is 0.146 e. The molecule has 0 spiro atoms. The van der Waals surface area contributed by atoms with Crippen molar-refractivity contribution in [2.75, 3.05) is 5.73 Å². The number of benzene rings is 1. The van der Waals surface area contributed by atoms with Gasteiger partial charge in [-0.15, -0.1) is 0 Å². The number of aliphatic hydroxyl groups is 1. The first-order chi connectivity index (χ1) is 5.15. The highest BCUT2D eigenvalue weighted by atomic mass is 19.1. The van der Waals surface area contributed by atoms with Crippen LogP contribution in [0.1, 0.15) is 11.1 Å². The van der Waals surface area contributed by atoms with Gasteiger partial charge in [-0.25, -0.2) is 4.39 Å². The molecular weight excluding hydrogens is 145 g/mol. The zero-order chi connectivity index (χ0) is 8.43. The fraction of sp³-hybridized carbons (Fsp3) is 0.250. The lowest BCUT2D eigenvalue weighted by molar-refractivity contribution is 0.281. The molecule has 0 aliphatic carbocycles. The lowest BCUT2D eigenvalue weighted by Gasteiger charge is -2.03. The Kier molecular flexibility index (Phi) is 2.10. The molecule has 0 unspecified atom stereocenters. The molecule has 2 nitrogen and oxygen atoms in total. The first-order valence-electron chi connectivity index (χ1n) is 3.30. The molecule has 60 valence electrons. The zero-order valence-electron chi connectivity index (χ0n) is 6.26. The van der Waals surface area contributed by atoms with E-state index in [4.69, 9.17) is 10.8 Å². The van der Waals surface area contributed by atoms with Gasteiger partial charge in [0, 0.05) is 0 Å². The van der Waals surface area contributed by atoms with Crippen molar-refractivity contribution >= 4 is 5.69 Å². The maximum Gasteiger partial charge on any atom is 0.146 e. The zero-order valence-corrected chi connectivity index (χ0v) is 6.26. The molecule has 1 aromatic rings. The second-order valence-corrected chi connectivity index (χ2v) is 2.46. The molecule has 11 heavy (non-hydrogen) atoms. The topological polar surface area (TPSA) is 46.2 Å². The molecule has 3 N–H and O–H groups in total. The van der Waals surface area contributed by atoms with Gasteiger partial charge >= 0.3 is 0 Å². The largest absolute Gasteiger partial charge is 0.396 e. The predicted octanol–water partition coefficient (Wildman–Crippen LogP) is 1.21. The van der Waals surface area contributed by atoms with Crippen LogP contribution in [0.15, 0.2) is 12.1 Å². The molecule has 3 heteroatoms. The normalized spacial score (nSPS) is 10.1. The van der Waals surface area contributed by atoms with E-state index in [0.717, 1.165) is 5.56 Å². The number of nitrogens with two attached hydrogens (primary N) is 1. The van der Waals surface area contributed by atoms with E-state index < -0.39 is 5.82 Å². The summed E-state index contributed by atoms with van der Waals surface area (Å²) in [6, 6.07) is 2.77. The van der Waals surface area contributed by atoms with E-state index in [9.17, 15) is 4.39 Å². The van der Waals surface area contributed by atoms with E-state index in [-0.39, 0.29) is 12.3 Å². The van der Waals surface area contributed by atoms with E-state index in [0.29, 0.717) is 5.56 Å². The van der Waals surface area contributed by atoms with Gasteiger partial charge in [0.25, 0.3) is 0 Å². The molecule has 0 saturated heterocycles. The maximum atomic E-state index is 12.7. The van der Waals surface area contributed by atoms with Crippen molar-refractivity contribution in [3.05, 3.63) is 29.1 Å². The third kappa shape index (κ3) is 1.49. The molecule has 0 aliphatic heterocycles. The molecule has 0 fully saturated rings. The third-order valence-corrected chi connectivity index (χ3v) is 1.63. The Bertz CT molecular complexity index is 273. The highest BCUT2D eigenvalue weighted by Gasteiger charge is 2.02. The van der Waals surface area contributed by atoms with Crippen molar-refractivity contribution in [3.63, 3.8) is 0 Å². The van der Waals surface area contributed by atoms with E-state index in [2.05, 4.69) is 0 Å². The minimum atomic E-state index is -0.431. The minimum Gasteiger partial charge on any atom is -0.396 e. The summed E-state index contributed by atoms with van der Waals surface area (Å²) in [5.74, 6) is -0.431. The highest BCUT2D eigenvalue weighted by molar-refractivity contribution is 5.45. The molecule has 0 atom stereocenters. The number of halogens is 1. The van der Waals surface area contributed by atoms with Crippen molar-refractivity contribution < 1.29 is 9.50 Å². The summed E-state index contributed by atoms with van der Waals surface area (Å²) in [4.78, 5) is 0. The second-order valence-electron chi connectivity index (χ2n) is 2.46. The predicted molar refractivity (Wildman–Crippen MR) is 41.5 cm³/mol. The Hall–Kier alpha value is -1.09. The number of nitrogen functional groups attached to an aromatic ring is 1. The van der Waals surface area contributed by atoms with Crippen LogP contribution in [-0.4, -0.2) is 5.11 Å². The number of anilines is 1. The Balaban J connectivity index is 3.21. The van der Waals surface area contributed by atoms with Gasteiger partial charge in [-0.2, -0.15) is 0 Å². The monoisotopic (exact) mass is 155 g/mol. The molecule has 0 radical (unpaired) electrons. The van der Waals surface area contributed by atoms with E-state index >= 15 is 0 Å². The van der Waals surface area contributed by atoms with Gasteiger partial charge < -0.3 is 10.8 Å². The highest BCUT2D eigenvalue weighted by Crippen LogP contribution is 2.16. The molecule has 0 heterocycles. The number of hydrogen-bond acceptors (Lipinski definition) is 2. The van der Waals surface area contributed by atoms with Crippen LogP contribution in [0.4, 0.5) is 10.1 Å². The van der Waals surface area contributed by atoms with Crippen molar-refractivity contribution in [3.8, 4) is 0 Å². The standard InChI is InChI=1S/C8H10FNO/c1-5-2-7(9)8(10)3-6(5)4-11/h2-3,11H,4,10H2,1H3. The van der Waals surface area contributed by atoms with E-state index in [1.165, 1.54) is 12.1 Å². The average molecular weight is 155 g/mol. The van der Waals surface area contributed by atoms with Crippen LogP contribution in [0.3, 0.4) is 0 Å². The van der Waals surface area contributed by atoms with Gasteiger partial charge in [0.05, 0.1) is 12.3 Å². The van der Waals surface area contributed by atoms with Crippen molar-refractivity contribution in [2.45, 2.75) is 13.5 Å². The first-order valence-corrected chi connectivity index (χ1v) is 3.30. The summed E-state index contributed by atoms with van der Waals surface area (Å²) in [5, 5.41) is 8.76. The molecule has 0 aromatic heterocycles. The van der Waals surface area contributed by atoms with Crippen molar-refractivity contribution in [1.29, 1.82) is 0 Å². The van der Waals surface area contributed by atoms with Crippen LogP contribution in [0.5, 0.6) is 0 Å². The average Bonchev–Trinajstić information content (AvgIpc) is 1.97. The maximum absolute atomic E-state index is 12.7. The van der Waals surface area contributed by atoms with Gasteiger partial charge in [-0.3, -0.25) is 0 Å². The van der Waals surface area contributed by atoms with Crippen LogP contribution in [0, 0.1) is 12.7 Å². The Morgan fingerprint density at radius 1 is 1.55 bits per heavy atom. The lowest BCUT2D eigenvalue weighted by atomic mass is 10.1. The third-order valence-electron chi connectivity index (χ3n) is 1.63. The molecule has 0 saturated carbocycles. The molecular formula is C8H10FNO. The minimum absolute atomic E-state index is 0.0830. The van der Waals surface area contributed by atoms with Gasteiger partial charge in [-0.1, -0.05) is 0 Å². The van der Waals surface area contributed by atoms with Crippen LogP contribution in [0.2, 0.25) is 0 Å². The van der Waals surface area contributed by atoms with E-state index in [1.807, 2.05) is 0 Å². The van der Waals surface area contributed by atoms with Crippen molar-refractivity contribution in [2.24, 2.45) is 0 Å². The fourth-order valence-electron chi connectivity index (χ4n) is 0.907. The summed E-state index contributed by atoms with van der Waals surface area (Å²) in [5.41, 5.74) is 6.75. The van der Waals surface area contributed by atoms with Gasteiger partial charge in [0.1, 0.15) is 5.82 Å². The number of aliphatic hydroxyl groups excluding tert-OH is 1. The summed E-state index contributed by atoms with van der Waals surface area (Å²) in [7, 11) is 0. The first kappa shape index (κ1) is 8.01. The summed E-state index contributed by atoms with van der Waals surface area (Å²) < 4.78 is 12.7. The fourth-order valence-corrected chi connectivity index (χ4v) is 0.907. The number of aryl methyl sites for hydroxylation is 1. The van der Waals surface area contributed by atoms with Crippen LogP contribution in [0.25, 0.3) is 0 Å². The van der Waals surface area contributed by atoms with E-state index in [1.54, 1.807) is 6.92 Å². The molecule has 0 bridgehead atoms. The summed E-state index contributed by atoms with van der Waals surface area (Å²) in [6.45, 7) is 1.63. The van der Waals surface area contributed by atoms with Crippen LogP contribution in [-0.2, 0) is 6.61 Å². The molecule has 1 rings (SSSR count). The summed E-state index contributed by atoms with van der Waals surface area (Å²) in [6.07, 6.45) is 0. The SMILES string of the molecule is Cc1cc(F)c(N)cc1CO. The lowest BCUT2D eigenvalue weighted by Crippen LogP contribution is -1.96. The Morgan fingerprint density at radius 2 is 2.18 bits per heavy atom. The Labute approximate surface area is 64.5 Å². The van der Waals surface area contributed by atoms with Gasteiger partial charge in [0.15, 0.2) is 0 Å². The summed E-state index contributed by atoms with van der Waals surface area (Å²) >= 11 is 0. The Morgan fingerprint density at radius 3 is 2.73 bits per heavy atom. The van der Waals surface area contributed by atoms with Crippen LogP contribution < -0.4 is 5.73 Å². The van der Waals surface area contributed by atoms with Gasteiger partial charge in [-0.05, 0) is 30.2 Å². The molecule has 0 aliphatic rings. The van der Waals surface area contributed by atoms with Gasteiger partial charge in [0.2, 0.25) is 0 Å².